The number of nitrogens with one attached hydrogen (secondary N) is 1. The van der Waals surface area contributed by atoms with Crippen LogP contribution in [0, 0.1) is 5.92 Å². The average Bonchev–Trinajstić information content (AvgIpc) is 3.30. The van der Waals surface area contributed by atoms with Crippen LogP contribution < -0.4 is 27.0 Å². The monoisotopic (exact) mass is 506 g/mol. The predicted octanol–water partition coefficient (Wildman–Crippen LogP) is 3.94. The zero-order valence-corrected chi connectivity index (χ0v) is 21.1. The molecule has 1 amide bonds. The molecule has 0 spiro atoms. The van der Waals surface area contributed by atoms with Crippen LogP contribution in [0.1, 0.15) is 55.3 Å². The molecule has 0 radical (unpaired) electrons. The van der Waals surface area contributed by atoms with Crippen molar-refractivity contribution in [2.24, 2.45) is 11.8 Å². The number of amides is 1. The number of nitrogens with zero attached hydrogens (tertiary/aromatic N) is 2. The highest BCUT2D eigenvalue weighted by molar-refractivity contribution is 5.99. The third kappa shape index (κ3) is 6.28. The van der Waals surface area contributed by atoms with E-state index in [-0.39, 0.29) is 34.9 Å². The van der Waals surface area contributed by atoms with Gasteiger partial charge in [0.15, 0.2) is 5.75 Å². The average molecular weight is 507 g/mol. The molecule has 0 saturated carbocycles. The Hall–Kier alpha value is -3.73. The fourth-order valence-corrected chi connectivity index (χ4v) is 3.00. The number of carbonyl (C=O) groups excluding carboxylic acids is 1. The highest BCUT2D eigenvalue weighted by Crippen LogP contribution is 2.35. The topological polar surface area (TPSA) is 129 Å². The van der Waals surface area contributed by atoms with E-state index in [1.54, 1.807) is 20.4 Å². The van der Waals surface area contributed by atoms with Crippen molar-refractivity contribution in [3.05, 3.63) is 67.9 Å². The molecule has 0 unspecified atom stereocenters. The Kier molecular flexibility index (Phi) is 9.35. The second kappa shape index (κ2) is 11.8. The number of furan rings is 1. The largest absolute Gasteiger partial charge is 0.505 e. The van der Waals surface area contributed by atoms with Gasteiger partial charge >= 0.3 is 0 Å². The molecule has 3 rings (SSSR count). The number of alkyl halides is 2. The Morgan fingerprint density at radius 2 is 1.75 bits per heavy atom. The molecule has 0 saturated heterocycles. The fraction of sp³-hybridized carbons (Fsp3) is 0.400. The minimum Gasteiger partial charge on any atom is -0.505 e. The van der Waals surface area contributed by atoms with Crippen LogP contribution >= 0.6 is 0 Å². The zero-order chi connectivity index (χ0) is 27.3. The molecule has 0 aliphatic carbocycles. The minimum atomic E-state index is -2.15. The van der Waals surface area contributed by atoms with E-state index in [0.717, 1.165) is 10.6 Å². The van der Waals surface area contributed by atoms with Crippen molar-refractivity contribution in [2.45, 2.75) is 46.6 Å². The predicted molar refractivity (Wildman–Crippen MR) is 135 cm³/mol. The summed E-state index contributed by atoms with van der Waals surface area (Å²) in [5, 5.41) is 14.3. The number of nitrogens with two attached hydrogens (primary N) is 1. The molecule has 0 atom stereocenters. The molecule has 0 bridgehead atoms. The lowest BCUT2D eigenvalue weighted by atomic mass is 10.1. The minimum absolute atomic E-state index is 0.0220. The Morgan fingerprint density at radius 1 is 1.14 bits per heavy atom. The number of para-hydroxylation sites is 1. The summed E-state index contributed by atoms with van der Waals surface area (Å²) in [6.07, 6.45) is -0.504. The first-order valence-electron chi connectivity index (χ1n) is 11.3. The van der Waals surface area contributed by atoms with Crippen molar-refractivity contribution >= 4 is 23.0 Å². The van der Waals surface area contributed by atoms with Crippen LogP contribution in [0.25, 0.3) is 0 Å². The smallest absolute Gasteiger partial charge is 0.257 e. The van der Waals surface area contributed by atoms with E-state index in [4.69, 9.17) is 10.3 Å². The molecule has 1 heterocycles. The third-order valence-corrected chi connectivity index (χ3v) is 5.32. The van der Waals surface area contributed by atoms with Crippen LogP contribution in [0.5, 0.6) is 5.75 Å². The van der Waals surface area contributed by atoms with Crippen molar-refractivity contribution < 1.29 is 23.1 Å². The van der Waals surface area contributed by atoms with E-state index >= 15 is 0 Å². The Bertz CT molecular complexity index is 1250. The van der Waals surface area contributed by atoms with Gasteiger partial charge in [0.1, 0.15) is 22.8 Å². The normalized spacial score (nSPS) is 11.1. The third-order valence-electron chi connectivity index (χ3n) is 5.32. The highest BCUT2D eigenvalue weighted by Gasteiger charge is 2.28. The van der Waals surface area contributed by atoms with E-state index in [1.165, 1.54) is 36.9 Å². The van der Waals surface area contributed by atoms with E-state index in [9.17, 15) is 28.3 Å². The van der Waals surface area contributed by atoms with Gasteiger partial charge in [0.25, 0.3) is 16.8 Å². The van der Waals surface area contributed by atoms with E-state index < -0.39 is 29.1 Å². The quantitative estimate of drug-likeness (QED) is 0.238. The number of phenols is 1. The van der Waals surface area contributed by atoms with Crippen molar-refractivity contribution in [1.82, 2.24) is 4.90 Å². The SMILES string of the molecule is CC(C)C(F)F.CC(C)c1coc(CNc2c(N(N)c3cccc(C(=O)N(C)C)c3O)c(=O)c2=O)c1. The summed E-state index contributed by atoms with van der Waals surface area (Å²) in [6.45, 7) is 7.23. The molecule has 1 aromatic heterocycles. The van der Waals surface area contributed by atoms with Gasteiger partial charge in [-0.05, 0) is 29.7 Å². The molecule has 0 aliphatic heterocycles. The number of rotatable bonds is 8. The van der Waals surface area contributed by atoms with Gasteiger partial charge in [0.2, 0.25) is 6.43 Å². The van der Waals surface area contributed by atoms with E-state index in [2.05, 4.69) is 5.32 Å². The van der Waals surface area contributed by atoms with Crippen LogP contribution in [0.2, 0.25) is 0 Å². The van der Waals surface area contributed by atoms with Gasteiger partial charge in [0, 0.05) is 20.0 Å². The highest BCUT2D eigenvalue weighted by atomic mass is 19.3. The van der Waals surface area contributed by atoms with Crippen molar-refractivity contribution in [2.75, 3.05) is 24.4 Å². The summed E-state index contributed by atoms with van der Waals surface area (Å²) in [5.74, 6) is 5.66. The molecule has 0 fully saturated rings. The number of hydrazine groups is 1. The number of phenolic OH excluding ortho intramolecular Hbond substituents is 1. The lowest BCUT2D eigenvalue weighted by Gasteiger charge is -2.24. The number of aromatic hydroxyl groups is 1. The van der Waals surface area contributed by atoms with Crippen LogP contribution in [-0.4, -0.2) is 36.4 Å². The van der Waals surface area contributed by atoms with Gasteiger partial charge in [-0.1, -0.05) is 33.8 Å². The second-order valence-corrected chi connectivity index (χ2v) is 9.06. The Morgan fingerprint density at radius 3 is 2.25 bits per heavy atom. The summed E-state index contributed by atoms with van der Waals surface area (Å²) in [5.41, 5.74) is -0.503. The lowest BCUT2D eigenvalue weighted by molar-refractivity contribution is 0.0824. The van der Waals surface area contributed by atoms with Crippen LogP contribution in [0.15, 0.2) is 44.5 Å². The van der Waals surface area contributed by atoms with Crippen LogP contribution in [0.3, 0.4) is 0 Å². The second-order valence-electron chi connectivity index (χ2n) is 9.06. The van der Waals surface area contributed by atoms with Crippen LogP contribution in [0.4, 0.5) is 25.8 Å². The maximum Gasteiger partial charge on any atom is 0.257 e. The van der Waals surface area contributed by atoms with Gasteiger partial charge in [-0.2, -0.15) is 0 Å². The molecule has 4 N–H and O–H groups in total. The number of halogens is 2. The van der Waals surface area contributed by atoms with Gasteiger partial charge in [-0.3, -0.25) is 19.4 Å². The summed E-state index contributed by atoms with van der Waals surface area (Å²) in [6, 6.07) is 6.29. The molecule has 11 heteroatoms. The summed E-state index contributed by atoms with van der Waals surface area (Å²) < 4.78 is 27.8. The molecule has 196 valence electrons. The van der Waals surface area contributed by atoms with Crippen molar-refractivity contribution in [1.29, 1.82) is 0 Å². The number of anilines is 3. The maximum atomic E-state index is 12.2. The first-order valence-corrected chi connectivity index (χ1v) is 11.3. The summed E-state index contributed by atoms with van der Waals surface area (Å²) in [7, 11) is 3.10. The Balaban J connectivity index is 0.000000678. The zero-order valence-electron chi connectivity index (χ0n) is 21.1. The van der Waals surface area contributed by atoms with E-state index in [1.807, 2.05) is 19.9 Å². The number of hydrogen-bond donors (Lipinski definition) is 3. The molecule has 9 nitrogen and oxygen atoms in total. The van der Waals surface area contributed by atoms with Crippen molar-refractivity contribution in [3.8, 4) is 5.75 Å². The fourth-order valence-electron chi connectivity index (χ4n) is 3.00. The van der Waals surface area contributed by atoms with Crippen LogP contribution in [-0.2, 0) is 6.54 Å². The first-order chi connectivity index (χ1) is 16.8. The van der Waals surface area contributed by atoms with Gasteiger partial charge in [-0.15, -0.1) is 0 Å². The molecular weight excluding hydrogens is 474 g/mol. The van der Waals surface area contributed by atoms with Gasteiger partial charge < -0.3 is 19.7 Å². The summed E-state index contributed by atoms with van der Waals surface area (Å²) in [4.78, 5) is 37.8. The van der Waals surface area contributed by atoms with Crippen molar-refractivity contribution in [3.63, 3.8) is 0 Å². The van der Waals surface area contributed by atoms with E-state index in [0.29, 0.717) is 11.7 Å². The Labute approximate surface area is 207 Å². The standard InChI is InChI=1S/C21H24N4O5.C4H8F2/c1-11(2)12-8-13(30-10-12)9-23-16-17(20(28)19(16)27)25(22)15-7-5-6-14(18(15)26)21(29)24(3)4;1-3(2)4(5)6/h5-8,10-11,23,26H,9,22H2,1-4H3;3-4H,1-2H3. The first kappa shape index (κ1) is 28.5. The maximum absolute atomic E-state index is 12.2. The number of carbonyl (C=O) groups is 1. The number of hydrogen-bond acceptors (Lipinski definition) is 8. The lowest BCUT2D eigenvalue weighted by Crippen LogP contribution is -2.43. The molecule has 0 aliphatic rings. The van der Waals surface area contributed by atoms with Gasteiger partial charge in [0.05, 0.1) is 18.4 Å². The number of benzene rings is 1. The van der Waals surface area contributed by atoms with Gasteiger partial charge in [-0.25, -0.2) is 14.6 Å². The molecular formula is C25H32F2N4O5. The molecule has 2 aromatic carbocycles. The molecule has 3 aromatic rings. The summed E-state index contributed by atoms with van der Waals surface area (Å²) >= 11 is 0. The molecule has 36 heavy (non-hydrogen) atoms.